The lowest BCUT2D eigenvalue weighted by Crippen LogP contribution is -2.33. The number of carbonyl (C=O) groups excluding carboxylic acids is 2. The van der Waals surface area contributed by atoms with E-state index in [1.165, 1.54) is 12.0 Å². The largest absolute Gasteiger partial charge is 0.469 e. The maximum Gasteiger partial charge on any atom is 0.307 e. The number of hydrogen-bond acceptors (Lipinski definition) is 4. The van der Waals surface area contributed by atoms with Gasteiger partial charge in [0.05, 0.1) is 19.6 Å². The Morgan fingerprint density at radius 3 is 2.40 bits per heavy atom. The van der Waals surface area contributed by atoms with E-state index in [1.807, 2.05) is 13.8 Å². The predicted octanol–water partition coefficient (Wildman–Crippen LogP) is 0.433. The van der Waals surface area contributed by atoms with Gasteiger partial charge in [-0.05, 0) is 13.8 Å². The first-order chi connectivity index (χ1) is 6.97. The average Bonchev–Trinajstić information content (AvgIpc) is 2.21. The third-order valence-electron chi connectivity index (χ3n) is 1.84. The van der Waals surface area contributed by atoms with Crippen LogP contribution in [-0.2, 0) is 19.1 Å². The molecule has 0 radical (unpaired) electrons. The summed E-state index contributed by atoms with van der Waals surface area (Å²) in [6.45, 7) is 4.13. The summed E-state index contributed by atoms with van der Waals surface area (Å²) in [5, 5.41) is 0. The number of ether oxygens (including phenoxy) is 2. The summed E-state index contributed by atoms with van der Waals surface area (Å²) in [6.07, 6.45) is 0.239. The fourth-order valence-electron chi connectivity index (χ4n) is 0.834. The molecule has 0 N–H and O–H groups in total. The minimum absolute atomic E-state index is 0.0305. The van der Waals surface area contributed by atoms with Crippen molar-refractivity contribution < 1.29 is 19.1 Å². The van der Waals surface area contributed by atoms with E-state index in [9.17, 15) is 9.59 Å². The standard InChI is InChI=1S/C10H19NO4/c1-8(2)15-7-9(12)11(3)6-5-10(13)14-4/h8H,5-7H2,1-4H3. The molecule has 0 bridgehead atoms. The number of nitrogens with zero attached hydrogens (tertiary/aromatic N) is 1. The van der Waals surface area contributed by atoms with Crippen molar-refractivity contribution in [3.63, 3.8) is 0 Å². The molecule has 0 rings (SSSR count). The zero-order chi connectivity index (χ0) is 11.8. The molecule has 0 atom stereocenters. The van der Waals surface area contributed by atoms with Crippen LogP contribution in [0.5, 0.6) is 0 Å². The summed E-state index contributed by atoms with van der Waals surface area (Å²) in [5.41, 5.74) is 0. The highest BCUT2D eigenvalue weighted by Gasteiger charge is 2.11. The van der Waals surface area contributed by atoms with Crippen molar-refractivity contribution in [2.45, 2.75) is 26.4 Å². The summed E-state index contributed by atoms with van der Waals surface area (Å²) >= 11 is 0. The first kappa shape index (κ1) is 13.9. The van der Waals surface area contributed by atoms with E-state index in [2.05, 4.69) is 4.74 Å². The van der Waals surface area contributed by atoms with Gasteiger partial charge in [0.25, 0.3) is 0 Å². The second-order valence-electron chi connectivity index (χ2n) is 3.50. The molecule has 0 saturated carbocycles. The molecule has 0 aliphatic rings. The second-order valence-corrected chi connectivity index (χ2v) is 3.50. The van der Waals surface area contributed by atoms with Gasteiger partial charge >= 0.3 is 5.97 Å². The van der Waals surface area contributed by atoms with Gasteiger partial charge in [-0.3, -0.25) is 9.59 Å². The van der Waals surface area contributed by atoms with Gasteiger partial charge < -0.3 is 14.4 Å². The van der Waals surface area contributed by atoms with E-state index in [4.69, 9.17) is 4.74 Å². The summed E-state index contributed by atoms with van der Waals surface area (Å²) in [5.74, 6) is -0.452. The van der Waals surface area contributed by atoms with Crippen molar-refractivity contribution >= 4 is 11.9 Å². The van der Waals surface area contributed by atoms with E-state index < -0.39 is 0 Å². The van der Waals surface area contributed by atoms with Gasteiger partial charge in [0, 0.05) is 13.6 Å². The Labute approximate surface area is 90.3 Å². The van der Waals surface area contributed by atoms with E-state index >= 15 is 0 Å². The molecule has 0 aromatic rings. The van der Waals surface area contributed by atoms with Crippen LogP contribution in [0.3, 0.4) is 0 Å². The topological polar surface area (TPSA) is 55.8 Å². The van der Waals surface area contributed by atoms with Crippen LogP contribution in [0.2, 0.25) is 0 Å². The third kappa shape index (κ3) is 6.90. The van der Waals surface area contributed by atoms with Gasteiger partial charge in [-0.2, -0.15) is 0 Å². The molecule has 1 amide bonds. The van der Waals surface area contributed by atoms with Crippen molar-refractivity contribution in [1.29, 1.82) is 0 Å². The van der Waals surface area contributed by atoms with Crippen LogP contribution in [0, 0.1) is 0 Å². The second kappa shape index (κ2) is 7.23. The number of amides is 1. The number of likely N-dealkylation sites (N-methyl/N-ethyl adjacent to an activating group) is 1. The van der Waals surface area contributed by atoms with E-state index in [1.54, 1.807) is 7.05 Å². The van der Waals surface area contributed by atoms with Gasteiger partial charge in [-0.1, -0.05) is 0 Å². The number of rotatable bonds is 6. The Kier molecular flexibility index (Phi) is 6.70. The maximum absolute atomic E-state index is 11.4. The normalized spacial score (nSPS) is 10.2. The van der Waals surface area contributed by atoms with Gasteiger partial charge in [0.15, 0.2) is 0 Å². The molecule has 0 aliphatic carbocycles. The molecule has 88 valence electrons. The lowest BCUT2D eigenvalue weighted by molar-refractivity contribution is -0.142. The van der Waals surface area contributed by atoms with Crippen molar-refractivity contribution in [1.82, 2.24) is 4.90 Å². The lowest BCUT2D eigenvalue weighted by atomic mass is 10.4. The van der Waals surface area contributed by atoms with Crippen LogP contribution in [0.15, 0.2) is 0 Å². The number of esters is 1. The molecular weight excluding hydrogens is 198 g/mol. The summed E-state index contributed by atoms with van der Waals surface area (Å²) in [7, 11) is 2.96. The van der Waals surface area contributed by atoms with Crippen molar-refractivity contribution in [2.75, 3.05) is 27.3 Å². The molecule has 15 heavy (non-hydrogen) atoms. The van der Waals surface area contributed by atoms with Crippen molar-refractivity contribution in [3.05, 3.63) is 0 Å². The van der Waals surface area contributed by atoms with Crippen LogP contribution in [0.1, 0.15) is 20.3 Å². The zero-order valence-electron chi connectivity index (χ0n) is 9.78. The molecule has 0 fully saturated rings. The first-order valence-corrected chi connectivity index (χ1v) is 4.89. The summed E-state index contributed by atoms with van der Waals surface area (Å²) in [4.78, 5) is 23.7. The summed E-state index contributed by atoms with van der Waals surface area (Å²) in [6, 6.07) is 0. The average molecular weight is 217 g/mol. The fraction of sp³-hybridized carbons (Fsp3) is 0.800. The smallest absolute Gasteiger partial charge is 0.307 e. The molecule has 0 unspecified atom stereocenters. The highest BCUT2D eigenvalue weighted by molar-refractivity contribution is 5.78. The quantitative estimate of drug-likeness (QED) is 0.605. The molecule has 5 nitrogen and oxygen atoms in total. The molecule has 0 spiro atoms. The monoisotopic (exact) mass is 217 g/mol. The third-order valence-corrected chi connectivity index (χ3v) is 1.84. The highest BCUT2D eigenvalue weighted by atomic mass is 16.5. The Morgan fingerprint density at radius 2 is 1.93 bits per heavy atom. The van der Waals surface area contributed by atoms with Crippen LogP contribution >= 0.6 is 0 Å². The van der Waals surface area contributed by atoms with Crippen LogP contribution in [-0.4, -0.2) is 50.2 Å². The number of methoxy groups -OCH3 is 1. The Bertz CT molecular complexity index is 215. The van der Waals surface area contributed by atoms with E-state index in [0.29, 0.717) is 6.54 Å². The van der Waals surface area contributed by atoms with Gasteiger partial charge in [0.1, 0.15) is 6.61 Å². The SMILES string of the molecule is COC(=O)CCN(C)C(=O)COC(C)C. The molecule has 0 aromatic carbocycles. The minimum atomic E-state index is -0.320. The predicted molar refractivity (Wildman–Crippen MR) is 55.4 cm³/mol. The maximum atomic E-state index is 11.4. The van der Waals surface area contributed by atoms with Gasteiger partial charge in [-0.15, -0.1) is 0 Å². The van der Waals surface area contributed by atoms with Gasteiger partial charge in [-0.25, -0.2) is 0 Å². The van der Waals surface area contributed by atoms with Crippen molar-refractivity contribution in [2.24, 2.45) is 0 Å². The number of carbonyl (C=O) groups is 2. The van der Waals surface area contributed by atoms with Crippen molar-refractivity contribution in [3.8, 4) is 0 Å². The molecule has 0 aromatic heterocycles. The Hall–Kier alpha value is -1.10. The molecule has 0 heterocycles. The highest BCUT2D eigenvalue weighted by Crippen LogP contribution is 1.94. The zero-order valence-corrected chi connectivity index (χ0v) is 9.78. The van der Waals surface area contributed by atoms with Crippen LogP contribution < -0.4 is 0 Å². The van der Waals surface area contributed by atoms with Gasteiger partial charge in [0.2, 0.25) is 5.91 Å². The summed E-state index contributed by atoms with van der Waals surface area (Å²) < 4.78 is 9.62. The lowest BCUT2D eigenvalue weighted by Gasteiger charge is -2.17. The Morgan fingerprint density at radius 1 is 1.33 bits per heavy atom. The molecular formula is C10H19NO4. The first-order valence-electron chi connectivity index (χ1n) is 4.89. The van der Waals surface area contributed by atoms with Crippen LogP contribution in [0.25, 0.3) is 0 Å². The van der Waals surface area contributed by atoms with E-state index in [-0.39, 0.29) is 31.0 Å². The number of hydrogen-bond donors (Lipinski definition) is 0. The fourth-order valence-corrected chi connectivity index (χ4v) is 0.834. The molecule has 0 aliphatic heterocycles. The molecule has 0 saturated heterocycles. The minimum Gasteiger partial charge on any atom is -0.469 e. The van der Waals surface area contributed by atoms with E-state index in [0.717, 1.165) is 0 Å². The van der Waals surface area contributed by atoms with Crippen LogP contribution in [0.4, 0.5) is 0 Å². The molecule has 5 heteroatoms. The Balaban J connectivity index is 3.74.